The molecule has 1 aromatic heterocycles. The lowest BCUT2D eigenvalue weighted by atomic mass is 9.86. The molecule has 0 radical (unpaired) electrons. The Labute approximate surface area is 185 Å². The fourth-order valence-corrected chi connectivity index (χ4v) is 5.37. The highest BCUT2D eigenvalue weighted by Crippen LogP contribution is 2.49. The monoisotopic (exact) mass is 430 g/mol. The van der Waals surface area contributed by atoms with Crippen molar-refractivity contribution in [1.82, 2.24) is 20.6 Å². The van der Waals surface area contributed by atoms with Crippen molar-refractivity contribution in [1.29, 1.82) is 0 Å². The lowest BCUT2D eigenvalue weighted by Crippen LogP contribution is -2.43. The first-order valence-corrected chi connectivity index (χ1v) is 11.2. The van der Waals surface area contributed by atoms with Crippen molar-refractivity contribution in [3.63, 3.8) is 0 Å². The van der Waals surface area contributed by atoms with Crippen molar-refractivity contribution < 1.29 is 9.59 Å². The normalized spacial score (nSPS) is 21.6. The van der Waals surface area contributed by atoms with Gasteiger partial charge in [0.2, 0.25) is 5.91 Å². The van der Waals surface area contributed by atoms with Crippen molar-refractivity contribution in [2.24, 2.45) is 17.8 Å². The van der Waals surface area contributed by atoms with E-state index in [1.165, 1.54) is 23.9 Å². The predicted octanol–water partition coefficient (Wildman–Crippen LogP) is 3.03. The SMILES string of the molecule is O=C(CC1CC2CCC1C2)NNC(=O)c1nn(Cc2ccccc2)c(=O)c2ccccc12. The minimum absolute atomic E-state index is 0.108. The second-order valence-electron chi connectivity index (χ2n) is 8.98. The summed E-state index contributed by atoms with van der Waals surface area (Å²) in [5.41, 5.74) is 5.80. The minimum atomic E-state index is -0.538. The highest BCUT2D eigenvalue weighted by atomic mass is 16.2. The summed E-state index contributed by atoms with van der Waals surface area (Å²) >= 11 is 0. The van der Waals surface area contributed by atoms with Crippen LogP contribution in [0.1, 0.15) is 48.2 Å². The van der Waals surface area contributed by atoms with Crippen LogP contribution in [-0.2, 0) is 11.3 Å². The van der Waals surface area contributed by atoms with Gasteiger partial charge in [0.15, 0.2) is 5.69 Å². The van der Waals surface area contributed by atoms with Crippen LogP contribution < -0.4 is 16.4 Å². The number of benzene rings is 2. The zero-order chi connectivity index (χ0) is 22.1. The molecular formula is C25H26N4O3. The lowest BCUT2D eigenvalue weighted by molar-refractivity contribution is -0.123. The number of aromatic nitrogens is 2. The van der Waals surface area contributed by atoms with Crippen molar-refractivity contribution >= 4 is 22.6 Å². The van der Waals surface area contributed by atoms with Gasteiger partial charge in [-0.1, -0.05) is 55.0 Å². The summed E-state index contributed by atoms with van der Waals surface area (Å²) in [4.78, 5) is 38.3. The largest absolute Gasteiger partial charge is 0.290 e. The van der Waals surface area contributed by atoms with Crippen LogP contribution in [0, 0.1) is 17.8 Å². The molecule has 2 saturated carbocycles. The zero-order valence-electron chi connectivity index (χ0n) is 17.8. The van der Waals surface area contributed by atoms with Gasteiger partial charge in [0.05, 0.1) is 11.9 Å². The highest BCUT2D eigenvalue weighted by molar-refractivity contribution is 6.05. The third-order valence-corrected chi connectivity index (χ3v) is 6.91. The Kier molecular flexibility index (Phi) is 5.47. The summed E-state index contributed by atoms with van der Waals surface area (Å²) in [6.45, 7) is 0.251. The van der Waals surface area contributed by atoms with E-state index >= 15 is 0 Å². The van der Waals surface area contributed by atoms with Crippen LogP contribution in [-0.4, -0.2) is 21.6 Å². The molecule has 5 rings (SSSR count). The molecule has 2 bridgehead atoms. The van der Waals surface area contributed by atoms with E-state index in [0.29, 0.717) is 29.0 Å². The third kappa shape index (κ3) is 4.02. The van der Waals surface area contributed by atoms with E-state index in [9.17, 15) is 14.4 Å². The maximum Gasteiger partial charge on any atom is 0.290 e. The first-order chi connectivity index (χ1) is 15.6. The summed E-state index contributed by atoms with van der Waals surface area (Å²) < 4.78 is 1.30. The van der Waals surface area contributed by atoms with Gasteiger partial charge in [-0.05, 0) is 48.6 Å². The Morgan fingerprint density at radius 2 is 1.69 bits per heavy atom. The maximum absolute atomic E-state index is 12.9. The van der Waals surface area contributed by atoms with Gasteiger partial charge in [-0.2, -0.15) is 5.10 Å². The average Bonchev–Trinajstić information content (AvgIpc) is 3.43. The number of hydrazine groups is 1. The van der Waals surface area contributed by atoms with E-state index in [1.54, 1.807) is 24.3 Å². The first kappa shape index (κ1) is 20.4. The molecule has 0 spiro atoms. The first-order valence-electron chi connectivity index (χ1n) is 11.2. The second-order valence-corrected chi connectivity index (χ2v) is 8.98. The molecule has 2 aliphatic rings. The lowest BCUT2D eigenvalue weighted by Gasteiger charge is -2.21. The van der Waals surface area contributed by atoms with E-state index < -0.39 is 5.91 Å². The Hall–Kier alpha value is -3.48. The maximum atomic E-state index is 12.9. The van der Waals surface area contributed by atoms with Gasteiger partial charge in [-0.15, -0.1) is 0 Å². The number of hydrogen-bond donors (Lipinski definition) is 2. The Morgan fingerprint density at radius 1 is 0.938 bits per heavy atom. The van der Waals surface area contributed by atoms with Crippen LogP contribution >= 0.6 is 0 Å². The Bertz CT molecular complexity index is 1220. The topological polar surface area (TPSA) is 93.1 Å². The molecule has 2 fully saturated rings. The molecule has 2 aromatic carbocycles. The number of rotatable bonds is 5. The highest BCUT2D eigenvalue weighted by Gasteiger charge is 2.40. The van der Waals surface area contributed by atoms with Gasteiger partial charge in [0.1, 0.15) is 0 Å². The summed E-state index contributed by atoms with van der Waals surface area (Å²) in [7, 11) is 0. The van der Waals surface area contributed by atoms with E-state index in [1.807, 2.05) is 30.3 Å². The van der Waals surface area contributed by atoms with Gasteiger partial charge in [-0.3, -0.25) is 25.2 Å². The number of nitrogens with zero attached hydrogens (tertiary/aromatic N) is 2. The predicted molar refractivity (Wildman–Crippen MR) is 121 cm³/mol. The van der Waals surface area contributed by atoms with E-state index in [2.05, 4.69) is 16.0 Å². The molecule has 32 heavy (non-hydrogen) atoms. The van der Waals surface area contributed by atoms with Crippen LogP contribution in [0.4, 0.5) is 0 Å². The quantitative estimate of drug-likeness (QED) is 0.609. The Balaban J connectivity index is 1.34. The number of hydrogen-bond acceptors (Lipinski definition) is 4. The Morgan fingerprint density at radius 3 is 2.41 bits per heavy atom. The zero-order valence-corrected chi connectivity index (χ0v) is 17.8. The smallest absolute Gasteiger partial charge is 0.273 e. The molecule has 3 atom stereocenters. The summed E-state index contributed by atoms with van der Waals surface area (Å²) in [6, 6.07) is 16.4. The van der Waals surface area contributed by atoms with Crippen LogP contribution in [0.5, 0.6) is 0 Å². The van der Waals surface area contributed by atoms with Gasteiger partial charge in [0, 0.05) is 11.8 Å². The minimum Gasteiger partial charge on any atom is -0.273 e. The van der Waals surface area contributed by atoms with Crippen LogP contribution in [0.25, 0.3) is 10.8 Å². The van der Waals surface area contributed by atoms with E-state index in [-0.39, 0.29) is 23.7 Å². The number of amides is 2. The van der Waals surface area contributed by atoms with Gasteiger partial charge in [-0.25, -0.2) is 4.68 Å². The van der Waals surface area contributed by atoms with Crippen LogP contribution in [0.15, 0.2) is 59.4 Å². The molecular weight excluding hydrogens is 404 g/mol. The molecule has 1 heterocycles. The summed E-state index contributed by atoms with van der Waals surface area (Å²) in [5, 5.41) is 5.22. The second kappa shape index (κ2) is 8.57. The average molecular weight is 431 g/mol. The molecule has 7 heteroatoms. The molecule has 0 aliphatic heterocycles. The number of carbonyl (C=O) groups excluding carboxylic acids is 2. The molecule has 2 N–H and O–H groups in total. The fraction of sp³-hybridized carbons (Fsp3) is 0.360. The van der Waals surface area contributed by atoms with Crippen molar-refractivity contribution in [2.75, 3.05) is 0 Å². The molecule has 164 valence electrons. The standard InChI is InChI=1S/C25H26N4O3/c30-22(14-19-13-17-10-11-18(19)12-17)26-27-24(31)23-20-8-4-5-9-21(20)25(32)29(28-23)15-16-6-2-1-3-7-16/h1-9,17-19H,10-15H2,(H,26,30)(H,27,31). The van der Waals surface area contributed by atoms with Gasteiger partial charge < -0.3 is 0 Å². The number of nitrogens with one attached hydrogen (secondary N) is 2. The van der Waals surface area contributed by atoms with Gasteiger partial charge in [0.25, 0.3) is 11.5 Å². The number of carbonyl (C=O) groups is 2. The van der Waals surface area contributed by atoms with E-state index in [4.69, 9.17) is 0 Å². The van der Waals surface area contributed by atoms with Crippen molar-refractivity contribution in [3.05, 3.63) is 76.2 Å². The van der Waals surface area contributed by atoms with Crippen LogP contribution in [0.2, 0.25) is 0 Å². The summed E-state index contributed by atoms with van der Waals surface area (Å²) in [5.74, 6) is 1.11. The number of fused-ring (bicyclic) bond motifs is 3. The molecule has 0 saturated heterocycles. The third-order valence-electron chi connectivity index (χ3n) is 6.91. The van der Waals surface area contributed by atoms with Crippen LogP contribution in [0.3, 0.4) is 0 Å². The molecule has 2 amide bonds. The summed E-state index contributed by atoms with van der Waals surface area (Å²) in [6.07, 6.45) is 5.29. The molecule has 2 aliphatic carbocycles. The molecule has 7 nitrogen and oxygen atoms in total. The van der Waals surface area contributed by atoms with Crippen molar-refractivity contribution in [2.45, 2.75) is 38.6 Å². The van der Waals surface area contributed by atoms with Crippen molar-refractivity contribution in [3.8, 4) is 0 Å². The molecule has 3 unspecified atom stereocenters. The van der Waals surface area contributed by atoms with E-state index in [0.717, 1.165) is 17.9 Å². The fourth-order valence-electron chi connectivity index (χ4n) is 5.37. The molecule has 3 aromatic rings. The van der Waals surface area contributed by atoms with Gasteiger partial charge >= 0.3 is 0 Å².